The summed E-state index contributed by atoms with van der Waals surface area (Å²) in [5, 5.41) is 0.432. The molecule has 94 valence electrons. The number of aromatic nitrogens is 3. The molecule has 0 unspecified atom stereocenters. The number of halogens is 1. The Hall–Kier alpha value is -2.40. The van der Waals surface area contributed by atoms with Crippen LogP contribution in [0.5, 0.6) is 11.6 Å². The van der Waals surface area contributed by atoms with Crippen molar-refractivity contribution in [2.75, 3.05) is 5.73 Å². The van der Waals surface area contributed by atoms with Crippen LogP contribution < -0.4 is 10.5 Å². The number of pyridine rings is 1. The minimum atomic E-state index is 0.402. The van der Waals surface area contributed by atoms with Gasteiger partial charge in [-0.25, -0.2) is 4.98 Å². The van der Waals surface area contributed by atoms with E-state index in [2.05, 4.69) is 15.0 Å². The molecule has 2 aromatic heterocycles. The summed E-state index contributed by atoms with van der Waals surface area (Å²) in [5.74, 6) is 0.895. The van der Waals surface area contributed by atoms with Gasteiger partial charge >= 0.3 is 0 Å². The average molecular weight is 273 g/mol. The van der Waals surface area contributed by atoms with Crippen LogP contribution in [0.4, 0.5) is 5.69 Å². The van der Waals surface area contributed by atoms with Crippen molar-refractivity contribution in [1.82, 2.24) is 15.0 Å². The van der Waals surface area contributed by atoms with E-state index < -0.39 is 0 Å². The second-order valence-corrected chi connectivity index (χ2v) is 4.25. The molecule has 0 aliphatic carbocycles. The summed E-state index contributed by atoms with van der Waals surface area (Å²) in [5.41, 5.74) is 7.43. The SMILES string of the molecule is Nc1ccc(Oc2ccc3nccnc3n2)c(Cl)c1. The molecule has 0 radical (unpaired) electrons. The number of fused-ring (bicyclic) bond motifs is 1. The van der Waals surface area contributed by atoms with Crippen LogP contribution in [0.1, 0.15) is 0 Å². The van der Waals surface area contributed by atoms with Gasteiger partial charge in [-0.1, -0.05) is 11.6 Å². The first-order valence-electron chi connectivity index (χ1n) is 5.53. The highest BCUT2D eigenvalue weighted by atomic mass is 35.5. The summed E-state index contributed by atoms with van der Waals surface area (Å²) in [6, 6.07) is 8.53. The molecule has 0 atom stereocenters. The Morgan fingerprint density at radius 1 is 1.05 bits per heavy atom. The van der Waals surface area contributed by atoms with Gasteiger partial charge in [0.25, 0.3) is 0 Å². The molecule has 0 saturated carbocycles. The number of nitrogens with two attached hydrogens (primary N) is 1. The van der Waals surface area contributed by atoms with Crippen molar-refractivity contribution in [3.05, 3.63) is 47.7 Å². The van der Waals surface area contributed by atoms with Crippen molar-refractivity contribution in [1.29, 1.82) is 0 Å². The summed E-state index contributed by atoms with van der Waals surface area (Å²) in [6.45, 7) is 0. The summed E-state index contributed by atoms with van der Waals surface area (Å²) in [7, 11) is 0. The van der Waals surface area contributed by atoms with Gasteiger partial charge in [-0.15, -0.1) is 0 Å². The average Bonchev–Trinajstić information content (AvgIpc) is 2.42. The largest absolute Gasteiger partial charge is 0.437 e. The molecule has 0 spiro atoms. The van der Waals surface area contributed by atoms with Crippen molar-refractivity contribution in [3.63, 3.8) is 0 Å². The summed E-state index contributed by atoms with van der Waals surface area (Å²) in [6.07, 6.45) is 3.19. The third-order valence-electron chi connectivity index (χ3n) is 2.48. The zero-order valence-electron chi connectivity index (χ0n) is 9.75. The monoisotopic (exact) mass is 272 g/mol. The molecule has 2 N–H and O–H groups in total. The highest BCUT2D eigenvalue weighted by molar-refractivity contribution is 6.32. The number of anilines is 1. The van der Waals surface area contributed by atoms with E-state index in [1.165, 1.54) is 0 Å². The quantitative estimate of drug-likeness (QED) is 0.726. The first kappa shape index (κ1) is 11.7. The maximum Gasteiger partial charge on any atom is 0.221 e. The number of hydrogen-bond acceptors (Lipinski definition) is 5. The van der Waals surface area contributed by atoms with Crippen LogP contribution in [0.15, 0.2) is 42.7 Å². The molecule has 5 nitrogen and oxygen atoms in total. The summed E-state index contributed by atoms with van der Waals surface area (Å²) < 4.78 is 5.61. The van der Waals surface area contributed by atoms with E-state index in [4.69, 9.17) is 22.1 Å². The predicted octanol–water partition coefficient (Wildman–Crippen LogP) is 3.05. The van der Waals surface area contributed by atoms with Crippen LogP contribution in [0.3, 0.4) is 0 Å². The highest BCUT2D eigenvalue weighted by Crippen LogP contribution is 2.30. The Kier molecular flexibility index (Phi) is 2.89. The van der Waals surface area contributed by atoms with Crippen molar-refractivity contribution < 1.29 is 4.74 Å². The van der Waals surface area contributed by atoms with E-state index in [0.29, 0.717) is 33.5 Å². The summed E-state index contributed by atoms with van der Waals surface area (Å²) in [4.78, 5) is 12.5. The van der Waals surface area contributed by atoms with Crippen LogP contribution in [-0.2, 0) is 0 Å². The standard InChI is InChI=1S/C13H9ClN4O/c14-9-7-8(15)1-3-11(9)19-12-4-2-10-13(18-12)17-6-5-16-10/h1-7H,15H2. The van der Waals surface area contributed by atoms with E-state index >= 15 is 0 Å². The topological polar surface area (TPSA) is 73.9 Å². The number of nitrogen functional groups attached to an aromatic ring is 1. The number of ether oxygens (including phenoxy) is 1. The molecule has 19 heavy (non-hydrogen) atoms. The number of benzene rings is 1. The molecular formula is C13H9ClN4O. The lowest BCUT2D eigenvalue weighted by Gasteiger charge is -2.07. The highest BCUT2D eigenvalue weighted by Gasteiger charge is 2.06. The smallest absolute Gasteiger partial charge is 0.221 e. The number of rotatable bonds is 2. The summed E-state index contributed by atoms with van der Waals surface area (Å²) >= 11 is 6.04. The van der Waals surface area contributed by atoms with Gasteiger partial charge in [0, 0.05) is 24.1 Å². The minimum absolute atomic E-state index is 0.402. The van der Waals surface area contributed by atoms with Crippen LogP contribution in [-0.4, -0.2) is 15.0 Å². The van der Waals surface area contributed by atoms with Crippen molar-refractivity contribution in [2.24, 2.45) is 0 Å². The first-order chi connectivity index (χ1) is 9.22. The fourth-order valence-corrected chi connectivity index (χ4v) is 1.83. The normalized spacial score (nSPS) is 10.6. The lowest BCUT2D eigenvalue weighted by molar-refractivity contribution is 0.465. The third-order valence-corrected chi connectivity index (χ3v) is 2.77. The van der Waals surface area contributed by atoms with E-state index in [-0.39, 0.29) is 0 Å². The second kappa shape index (κ2) is 4.70. The van der Waals surface area contributed by atoms with E-state index in [1.807, 2.05) is 0 Å². The third kappa shape index (κ3) is 2.41. The molecular weight excluding hydrogens is 264 g/mol. The molecule has 0 aliphatic rings. The molecule has 0 saturated heterocycles. The van der Waals surface area contributed by atoms with Gasteiger partial charge in [0.05, 0.1) is 5.02 Å². The maximum atomic E-state index is 6.04. The Morgan fingerprint density at radius 2 is 1.89 bits per heavy atom. The maximum absolute atomic E-state index is 6.04. The first-order valence-corrected chi connectivity index (χ1v) is 5.91. The van der Waals surface area contributed by atoms with Crippen molar-refractivity contribution >= 4 is 28.5 Å². The molecule has 2 heterocycles. The predicted molar refractivity (Wildman–Crippen MR) is 73.3 cm³/mol. The molecule has 3 rings (SSSR count). The lowest BCUT2D eigenvalue weighted by atomic mass is 10.3. The molecule has 0 bridgehead atoms. The molecule has 0 fully saturated rings. The second-order valence-electron chi connectivity index (χ2n) is 3.84. The fraction of sp³-hybridized carbons (Fsp3) is 0. The van der Waals surface area contributed by atoms with Gasteiger partial charge in [0.1, 0.15) is 11.3 Å². The van der Waals surface area contributed by atoms with Crippen LogP contribution in [0.25, 0.3) is 11.2 Å². The van der Waals surface area contributed by atoms with Crippen LogP contribution >= 0.6 is 11.6 Å². The Labute approximate surface area is 114 Å². The molecule has 6 heteroatoms. The number of nitrogens with zero attached hydrogens (tertiary/aromatic N) is 3. The Bertz CT molecular complexity index is 748. The van der Waals surface area contributed by atoms with Gasteiger partial charge in [-0.3, -0.25) is 4.98 Å². The molecule has 0 amide bonds. The van der Waals surface area contributed by atoms with Crippen molar-refractivity contribution in [2.45, 2.75) is 0 Å². The molecule has 1 aromatic carbocycles. The number of hydrogen-bond donors (Lipinski definition) is 1. The Balaban J connectivity index is 1.96. The zero-order valence-corrected chi connectivity index (χ0v) is 10.5. The van der Waals surface area contributed by atoms with E-state index in [0.717, 1.165) is 0 Å². The van der Waals surface area contributed by atoms with Crippen LogP contribution in [0.2, 0.25) is 5.02 Å². The Morgan fingerprint density at radius 3 is 2.74 bits per heavy atom. The minimum Gasteiger partial charge on any atom is -0.437 e. The van der Waals surface area contributed by atoms with Crippen molar-refractivity contribution in [3.8, 4) is 11.6 Å². The fourth-order valence-electron chi connectivity index (χ4n) is 1.61. The van der Waals surface area contributed by atoms with E-state index in [1.54, 1.807) is 42.7 Å². The van der Waals surface area contributed by atoms with Gasteiger partial charge < -0.3 is 10.5 Å². The zero-order chi connectivity index (χ0) is 13.2. The molecule has 3 aromatic rings. The lowest BCUT2D eigenvalue weighted by Crippen LogP contribution is -1.92. The van der Waals surface area contributed by atoms with Crippen LogP contribution in [0, 0.1) is 0 Å². The molecule has 0 aliphatic heterocycles. The van der Waals surface area contributed by atoms with E-state index in [9.17, 15) is 0 Å². The van der Waals surface area contributed by atoms with Gasteiger partial charge in [-0.05, 0) is 24.3 Å². The van der Waals surface area contributed by atoms with Gasteiger partial charge in [0.15, 0.2) is 5.65 Å². The van der Waals surface area contributed by atoms with Gasteiger partial charge in [-0.2, -0.15) is 4.98 Å². The van der Waals surface area contributed by atoms with Gasteiger partial charge in [0.2, 0.25) is 5.88 Å².